The van der Waals surface area contributed by atoms with Crippen LogP contribution in [0.5, 0.6) is 0 Å². The van der Waals surface area contributed by atoms with Crippen molar-refractivity contribution in [1.82, 2.24) is 0 Å². The second-order valence-electron chi connectivity index (χ2n) is 5.51. The maximum atomic E-state index is 13.5. The number of fused-ring (bicyclic) bond motifs is 1. The molecule has 2 aromatic rings. The van der Waals surface area contributed by atoms with E-state index < -0.39 is 0 Å². The van der Waals surface area contributed by atoms with Crippen molar-refractivity contribution in [2.24, 2.45) is 0 Å². The number of benzene rings is 1. The second kappa shape index (κ2) is 6.56. The molecular formula is C17H22FNOS. The van der Waals surface area contributed by atoms with E-state index in [0.29, 0.717) is 11.1 Å². The highest BCUT2D eigenvalue weighted by Gasteiger charge is 2.21. The normalized spacial score (nSPS) is 14.1. The molecule has 21 heavy (non-hydrogen) atoms. The van der Waals surface area contributed by atoms with Gasteiger partial charge in [0.05, 0.1) is 5.69 Å². The Morgan fingerprint density at radius 1 is 1.19 bits per heavy atom. The van der Waals surface area contributed by atoms with Gasteiger partial charge in [-0.15, -0.1) is 11.3 Å². The Bertz CT molecular complexity index is 672. The molecule has 0 bridgehead atoms. The maximum Gasteiger partial charge on any atom is 0.211 e. The van der Waals surface area contributed by atoms with Gasteiger partial charge in [-0.1, -0.05) is 13.8 Å². The Kier molecular flexibility index (Phi) is 4.99. The first-order valence-electron chi connectivity index (χ1n) is 7.49. The van der Waals surface area contributed by atoms with E-state index in [1.54, 1.807) is 6.07 Å². The van der Waals surface area contributed by atoms with Crippen LogP contribution in [0.15, 0.2) is 28.4 Å². The molecule has 0 amide bonds. The molecule has 2 atom stereocenters. The van der Waals surface area contributed by atoms with Gasteiger partial charge in [0.15, 0.2) is 0 Å². The zero-order chi connectivity index (χ0) is 15.6. The third-order valence-corrected chi connectivity index (χ3v) is 5.08. The van der Waals surface area contributed by atoms with Crippen molar-refractivity contribution in [2.45, 2.75) is 52.6 Å². The number of halogens is 1. The molecule has 0 saturated heterocycles. The van der Waals surface area contributed by atoms with Crippen LogP contribution in [-0.4, -0.2) is 12.1 Å². The molecule has 0 radical (unpaired) electrons. The maximum absolute atomic E-state index is 13.5. The van der Waals surface area contributed by atoms with Gasteiger partial charge in [0.25, 0.3) is 0 Å². The lowest BCUT2D eigenvalue weighted by molar-refractivity contribution is 0.527. The molecule has 1 heterocycles. The quantitative estimate of drug-likeness (QED) is 0.790. The molecule has 2 nitrogen and oxygen atoms in total. The van der Waals surface area contributed by atoms with Crippen LogP contribution in [0.3, 0.4) is 0 Å². The molecule has 0 saturated carbocycles. The monoisotopic (exact) mass is 307 g/mol. The highest BCUT2D eigenvalue weighted by molar-refractivity contribution is 7.16. The van der Waals surface area contributed by atoms with Gasteiger partial charge >= 0.3 is 0 Å². The zero-order valence-electron chi connectivity index (χ0n) is 13.0. The minimum Gasteiger partial charge on any atom is -0.362 e. The number of rotatable bonds is 5. The lowest BCUT2D eigenvalue weighted by Crippen LogP contribution is -2.42. The van der Waals surface area contributed by atoms with Gasteiger partial charge in [0, 0.05) is 27.5 Å². The van der Waals surface area contributed by atoms with Crippen LogP contribution in [-0.2, 0) is 0 Å². The van der Waals surface area contributed by atoms with E-state index in [0.717, 1.165) is 17.5 Å². The highest BCUT2D eigenvalue weighted by atomic mass is 32.1. The van der Waals surface area contributed by atoms with Gasteiger partial charge in [-0.25, -0.2) is 4.39 Å². The van der Waals surface area contributed by atoms with E-state index >= 15 is 0 Å². The fraction of sp³-hybridized carbons (Fsp3) is 0.471. The second-order valence-corrected chi connectivity index (χ2v) is 6.42. The van der Waals surface area contributed by atoms with Gasteiger partial charge < -0.3 is 4.90 Å². The molecule has 0 N–H and O–H groups in total. The van der Waals surface area contributed by atoms with Gasteiger partial charge in [0.1, 0.15) is 5.82 Å². The van der Waals surface area contributed by atoms with Crippen molar-refractivity contribution in [3.05, 3.63) is 39.6 Å². The fourth-order valence-electron chi connectivity index (χ4n) is 2.57. The highest BCUT2D eigenvalue weighted by Crippen LogP contribution is 2.26. The molecular weight excluding hydrogens is 285 g/mol. The lowest BCUT2D eigenvalue weighted by atomic mass is 10.1. The molecule has 0 spiro atoms. The summed E-state index contributed by atoms with van der Waals surface area (Å²) in [4.78, 5) is 14.9. The van der Waals surface area contributed by atoms with Gasteiger partial charge in [0.2, 0.25) is 5.43 Å². The van der Waals surface area contributed by atoms with Gasteiger partial charge in [-0.2, -0.15) is 0 Å². The average molecular weight is 307 g/mol. The smallest absolute Gasteiger partial charge is 0.211 e. The minimum atomic E-state index is -0.359. The predicted molar refractivity (Wildman–Crippen MR) is 90.0 cm³/mol. The topological polar surface area (TPSA) is 20.3 Å². The summed E-state index contributed by atoms with van der Waals surface area (Å²) in [6.45, 7) is 8.50. The summed E-state index contributed by atoms with van der Waals surface area (Å²) >= 11 is 1.50. The van der Waals surface area contributed by atoms with Gasteiger partial charge in [-0.3, -0.25) is 4.79 Å². The Hall–Kier alpha value is -1.42. The first-order chi connectivity index (χ1) is 9.99. The van der Waals surface area contributed by atoms with Crippen molar-refractivity contribution in [1.29, 1.82) is 0 Å². The molecule has 0 aliphatic carbocycles. The molecule has 1 aromatic carbocycles. The summed E-state index contributed by atoms with van der Waals surface area (Å²) < 4.78 is 14.3. The zero-order valence-corrected chi connectivity index (χ0v) is 13.8. The van der Waals surface area contributed by atoms with Crippen LogP contribution in [0.25, 0.3) is 10.1 Å². The lowest BCUT2D eigenvalue weighted by Gasteiger charge is -2.35. The van der Waals surface area contributed by atoms with E-state index in [4.69, 9.17) is 0 Å². The Balaban J connectivity index is 2.63. The van der Waals surface area contributed by atoms with Crippen LogP contribution < -0.4 is 10.3 Å². The molecule has 0 unspecified atom stereocenters. The molecule has 2 rings (SSSR count). The van der Waals surface area contributed by atoms with Crippen LogP contribution in [0, 0.1) is 5.82 Å². The van der Waals surface area contributed by atoms with Crippen LogP contribution >= 0.6 is 11.3 Å². The summed E-state index contributed by atoms with van der Waals surface area (Å²) in [6, 6.07) is 5.00. The van der Waals surface area contributed by atoms with Crippen molar-refractivity contribution in [3.63, 3.8) is 0 Å². The van der Waals surface area contributed by atoms with Gasteiger partial charge in [-0.05, 0) is 44.9 Å². The summed E-state index contributed by atoms with van der Waals surface area (Å²) in [5.74, 6) is -0.359. The van der Waals surface area contributed by atoms with Crippen molar-refractivity contribution in [2.75, 3.05) is 4.90 Å². The molecule has 1 aromatic heterocycles. The average Bonchev–Trinajstić information content (AvgIpc) is 2.49. The third kappa shape index (κ3) is 3.10. The Labute approximate surface area is 129 Å². The fourth-order valence-corrected chi connectivity index (χ4v) is 3.47. The first-order valence-corrected chi connectivity index (χ1v) is 8.36. The van der Waals surface area contributed by atoms with E-state index in [1.165, 1.54) is 23.5 Å². The summed E-state index contributed by atoms with van der Waals surface area (Å²) in [5, 5.41) is 2.40. The minimum absolute atomic E-state index is 0.0659. The van der Waals surface area contributed by atoms with E-state index in [9.17, 15) is 9.18 Å². The largest absolute Gasteiger partial charge is 0.362 e. The third-order valence-electron chi connectivity index (χ3n) is 4.13. The molecule has 114 valence electrons. The number of nitrogens with zero attached hydrogens (tertiary/aromatic N) is 1. The molecule has 0 aliphatic heterocycles. The summed E-state index contributed by atoms with van der Waals surface area (Å²) in [6.07, 6.45) is 1.94. The molecule has 4 heteroatoms. The number of hydrogen-bond donors (Lipinski definition) is 0. The standard InChI is InChI=1S/C17H22FNOS/c1-5-11(3)19(12(4)6-2)15-10-21-16-8-7-13(18)9-14(16)17(15)20/h7-12H,5-6H2,1-4H3/t11-,12-/m1/s1. The van der Waals surface area contributed by atoms with E-state index in [2.05, 4.69) is 32.6 Å². The predicted octanol–water partition coefficient (Wildman–Crippen LogP) is 4.80. The Morgan fingerprint density at radius 2 is 1.81 bits per heavy atom. The first kappa shape index (κ1) is 16.0. The summed E-state index contributed by atoms with van der Waals surface area (Å²) in [7, 11) is 0. The van der Waals surface area contributed by atoms with Crippen LogP contribution in [0.2, 0.25) is 0 Å². The molecule has 0 aliphatic rings. The van der Waals surface area contributed by atoms with E-state index in [1.807, 2.05) is 5.38 Å². The van der Waals surface area contributed by atoms with Crippen LogP contribution in [0.1, 0.15) is 40.5 Å². The number of hydrogen-bond acceptors (Lipinski definition) is 3. The van der Waals surface area contributed by atoms with Crippen LogP contribution in [0.4, 0.5) is 10.1 Å². The van der Waals surface area contributed by atoms with Crippen molar-refractivity contribution >= 4 is 27.1 Å². The molecule has 0 fully saturated rings. The van der Waals surface area contributed by atoms with Crippen molar-refractivity contribution in [3.8, 4) is 0 Å². The van der Waals surface area contributed by atoms with Crippen molar-refractivity contribution < 1.29 is 4.39 Å². The SMILES string of the molecule is CC[C@@H](C)N(c1csc2ccc(F)cc2c1=O)[C@H](C)CC. The van der Waals surface area contributed by atoms with E-state index in [-0.39, 0.29) is 23.3 Å². The number of anilines is 1. The Morgan fingerprint density at radius 3 is 2.38 bits per heavy atom. The summed E-state index contributed by atoms with van der Waals surface area (Å²) in [5.41, 5.74) is 0.630.